The summed E-state index contributed by atoms with van der Waals surface area (Å²) in [5, 5.41) is 6.17. The van der Waals surface area contributed by atoms with Gasteiger partial charge in [0.05, 0.1) is 0 Å². The van der Waals surface area contributed by atoms with Gasteiger partial charge in [-0.3, -0.25) is 9.69 Å². The lowest BCUT2D eigenvalue weighted by Gasteiger charge is -2.35. The lowest BCUT2D eigenvalue weighted by Crippen LogP contribution is -2.59. The maximum Gasteiger partial charge on any atom is 0.241 e. The highest BCUT2D eigenvalue weighted by atomic mass is 32.2. The fourth-order valence-corrected chi connectivity index (χ4v) is 5.19. The standard InChI is InChI=1S/C18H27N3O3S/c1-25(23,24)18(8-10-19-11-9-18)17(22)20-16-7-12-21(14-16)13-15-5-3-2-4-6-15/h2-6,16,19H,7-14H2,1H3,(H,20,22). The van der Waals surface area contributed by atoms with E-state index in [9.17, 15) is 13.2 Å². The highest BCUT2D eigenvalue weighted by molar-refractivity contribution is 7.92. The molecule has 1 unspecified atom stereocenters. The van der Waals surface area contributed by atoms with Crippen LogP contribution in [0.25, 0.3) is 0 Å². The van der Waals surface area contributed by atoms with Crippen LogP contribution in [0.3, 0.4) is 0 Å². The lowest BCUT2D eigenvalue weighted by molar-refractivity contribution is -0.125. The zero-order valence-electron chi connectivity index (χ0n) is 14.7. The first-order chi connectivity index (χ1) is 11.9. The average molecular weight is 365 g/mol. The zero-order chi connectivity index (χ0) is 17.9. The molecular weight excluding hydrogens is 338 g/mol. The van der Waals surface area contributed by atoms with Crippen molar-refractivity contribution in [3.63, 3.8) is 0 Å². The Hall–Kier alpha value is -1.44. The molecule has 2 N–H and O–H groups in total. The van der Waals surface area contributed by atoms with Gasteiger partial charge in [0.1, 0.15) is 0 Å². The number of nitrogens with zero attached hydrogens (tertiary/aromatic N) is 1. The van der Waals surface area contributed by atoms with Gasteiger partial charge in [-0.05, 0) is 37.9 Å². The van der Waals surface area contributed by atoms with Crippen LogP contribution < -0.4 is 10.6 Å². The highest BCUT2D eigenvalue weighted by Gasteiger charge is 2.49. The zero-order valence-corrected chi connectivity index (χ0v) is 15.5. The van der Waals surface area contributed by atoms with E-state index in [0.29, 0.717) is 25.9 Å². The van der Waals surface area contributed by atoms with Crippen LogP contribution >= 0.6 is 0 Å². The van der Waals surface area contributed by atoms with Crippen molar-refractivity contribution in [3.05, 3.63) is 35.9 Å². The largest absolute Gasteiger partial charge is 0.351 e. The summed E-state index contributed by atoms with van der Waals surface area (Å²) in [6.45, 7) is 3.65. The molecule has 0 radical (unpaired) electrons. The summed E-state index contributed by atoms with van der Waals surface area (Å²) in [6.07, 6.45) is 2.74. The molecule has 2 fully saturated rings. The van der Waals surface area contributed by atoms with Crippen LogP contribution in [0.1, 0.15) is 24.8 Å². The number of nitrogens with one attached hydrogen (secondary N) is 2. The van der Waals surface area contributed by atoms with Gasteiger partial charge < -0.3 is 10.6 Å². The number of sulfone groups is 1. The number of hydrogen-bond donors (Lipinski definition) is 2. The van der Waals surface area contributed by atoms with E-state index in [-0.39, 0.29) is 11.9 Å². The first-order valence-electron chi connectivity index (χ1n) is 8.88. The summed E-state index contributed by atoms with van der Waals surface area (Å²) in [4.78, 5) is 15.2. The van der Waals surface area contributed by atoms with E-state index in [1.165, 1.54) is 11.8 Å². The van der Waals surface area contributed by atoms with Crippen LogP contribution in [0.2, 0.25) is 0 Å². The predicted molar refractivity (Wildman–Crippen MR) is 97.9 cm³/mol. The third kappa shape index (κ3) is 4.04. The molecule has 0 bridgehead atoms. The van der Waals surface area contributed by atoms with Crippen LogP contribution in [-0.2, 0) is 21.2 Å². The van der Waals surface area contributed by atoms with E-state index >= 15 is 0 Å². The fraction of sp³-hybridized carbons (Fsp3) is 0.611. The van der Waals surface area contributed by atoms with E-state index in [1.54, 1.807) is 0 Å². The van der Waals surface area contributed by atoms with Gasteiger partial charge in [0.2, 0.25) is 5.91 Å². The number of carbonyl (C=O) groups is 1. The summed E-state index contributed by atoms with van der Waals surface area (Å²) in [6, 6.07) is 10.3. The SMILES string of the molecule is CS(=O)(=O)C1(C(=O)NC2CCN(Cc3ccccc3)C2)CCNCC1. The van der Waals surface area contributed by atoms with Crippen molar-refractivity contribution in [2.75, 3.05) is 32.4 Å². The third-order valence-corrected chi connectivity index (χ3v) is 7.40. The minimum absolute atomic E-state index is 0.0183. The number of carbonyl (C=O) groups excluding carboxylic acids is 1. The molecule has 25 heavy (non-hydrogen) atoms. The minimum Gasteiger partial charge on any atom is -0.351 e. The summed E-state index contributed by atoms with van der Waals surface area (Å²) in [7, 11) is -3.46. The van der Waals surface area contributed by atoms with Crippen molar-refractivity contribution in [2.24, 2.45) is 0 Å². The second-order valence-electron chi connectivity index (χ2n) is 7.20. The van der Waals surface area contributed by atoms with Gasteiger partial charge in [0.25, 0.3) is 0 Å². The highest BCUT2D eigenvalue weighted by Crippen LogP contribution is 2.28. The number of rotatable bonds is 5. The Balaban J connectivity index is 1.61. The third-order valence-electron chi connectivity index (χ3n) is 5.39. The molecule has 1 atom stereocenters. The normalized spacial score (nSPS) is 24.1. The molecule has 0 aliphatic carbocycles. The quantitative estimate of drug-likeness (QED) is 0.796. The molecule has 2 saturated heterocycles. The molecule has 1 aromatic carbocycles. The van der Waals surface area contributed by atoms with Crippen LogP contribution in [0.5, 0.6) is 0 Å². The second-order valence-corrected chi connectivity index (χ2v) is 9.52. The van der Waals surface area contributed by atoms with E-state index in [4.69, 9.17) is 0 Å². The van der Waals surface area contributed by atoms with Crippen LogP contribution in [0.4, 0.5) is 0 Å². The number of hydrogen-bond acceptors (Lipinski definition) is 5. The maximum atomic E-state index is 12.9. The Bertz CT molecular complexity index is 700. The fourth-order valence-electron chi connectivity index (χ4n) is 3.85. The summed E-state index contributed by atoms with van der Waals surface area (Å²) in [5.74, 6) is -0.317. The minimum atomic E-state index is -3.46. The van der Waals surface area contributed by atoms with Crippen molar-refractivity contribution in [3.8, 4) is 0 Å². The smallest absolute Gasteiger partial charge is 0.241 e. The number of piperidine rings is 1. The Morgan fingerprint density at radius 3 is 2.60 bits per heavy atom. The second kappa shape index (κ2) is 7.43. The number of likely N-dealkylation sites (tertiary alicyclic amines) is 1. The molecule has 2 aliphatic rings. The van der Waals surface area contributed by atoms with E-state index in [2.05, 4.69) is 27.7 Å². The molecule has 7 heteroatoms. The van der Waals surface area contributed by atoms with Gasteiger partial charge in [-0.15, -0.1) is 0 Å². The summed E-state index contributed by atoms with van der Waals surface area (Å²) >= 11 is 0. The molecule has 3 rings (SSSR count). The van der Waals surface area contributed by atoms with Gasteiger partial charge in [-0.2, -0.15) is 0 Å². The Kier molecular flexibility index (Phi) is 5.46. The van der Waals surface area contributed by atoms with Crippen LogP contribution in [-0.4, -0.2) is 62.4 Å². The van der Waals surface area contributed by atoms with Crippen molar-refractivity contribution in [2.45, 2.75) is 36.6 Å². The molecule has 0 spiro atoms. The molecule has 1 aromatic rings. The molecule has 0 saturated carbocycles. The first kappa shape index (κ1) is 18.4. The molecule has 6 nitrogen and oxygen atoms in total. The number of amides is 1. The Labute approximate surface area is 149 Å². The van der Waals surface area contributed by atoms with Gasteiger partial charge in [-0.25, -0.2) is 8.42 Å². The Morgan fingerprint density at radius 1 is 1.28 bits per heavy atom. The molecular formula is C18H27N3O3S. The summed E-state index contributed by atoms with van der Waals surface area (Å²) in [5.41, 5.74) is 1.25. The molecule has 0 aromatic heterocycles. The van der Waals surface area contributed by atoms with Gasteiger partial charge >= 0.3 is 0 Å². The van der Waals surface area contributed by atoms with Crippen molar-refractivity contribution in [1.29, 1.82) is 0 Å². The monoisotopic (exact) mass is 365 g/mol. The predicted octanol–water partition coefficient (Wildman–Crippen LogP) is 0.544. The molecule has 2 aliphatic heterocycles. The number of benzene rings is 1. The topological polar surface area (TPSA) is 78.5 Å². The molecule has 1 amide bonds. The lowest BCUT2D eigenvalue weighted by atomic mass is 9.95. The van der Waals surface area contributed by atoms with E-state index < -0.39 is 14.6 Å². The first-order valence-corrected chi connectivity index (χ1v) is 10.8. The van der Waals surface area contributed by atoms with E-state index in [1.807, 2.05) is 18.2 Å². The van der Waals surface area contributed by atoms with Crippen molar-refractivity contribution < 1.29 is 13.2 Å². The van der Waals surface area contributed by atoms with Crippen molar-refractivity contribution in [1.82, 2.24) is 15.5 Å². The molecule has 2 heterocycles. The van der Waals surface area contributed by atoms with Gasteiger partial charge in [0, 0.05) is 31.9 Å². The van der Waals surface area contributed by atoms with Crippen molar-refractivity contribution >= 4 is 15.7 Å². The maximum absolute atomic E-state index is 12.9. The average Bonchev–Trinajstić information content (AvgIpc) is 3.02. The van der Waals surface area contributed by atoms with Gasteiger partial charge in [0.15, 0.2) is 14.6 Å². The Morgan fingerprint density at radius 2 is 1.96 bits per heavy atom. The van der Waals surface area contributed by atoms with Crippen LogP contribution in [0, 0.1) is 0 Å². The van der Waals surface area contributed by atoms with Gasteiger partial charge in [-0.1, -0.05) is 30.3 Å². The molecule has 138 valence electrons. The van der Waals surface area contributed by atoms with Crippen LogP contribution in [0.15, 0.2) is 30.3 Å². The van der Waals surface area contributed by atoms with E-state index in [0.717, 1.165) is 26.1 Å². The summed E-state index contributed by atoms with van der Waals surface area (Å²) < 4.78 is 23.4.